The smallest absolute Gasteiger partial charge is 0.0958 e. The second-order valence-electron chi connectivity index (χ2n) is 7.71. The maximum Gasteiger partial charge on any atom is 0.0958 e. The summed E-state index contributed by atoms with van der Waals surface area (Å²) in [5.74, 6) is 2.90. The van der Waals surface area contributed by atoms with Crippen LogP contribution in [-0.2, 0) is 19.9 Å². The monoisotopic (exact) mass is 322 g/mol. The molecule has 2 aromatic rings. The SMILES string of the molecule is Cn1nc(-c2ccccc2)c2c1CCN(CC1[C@H]3CNC[C@@H]13)CC2. The van der Waals surface area contributed by atoms with Gasteiger partial charge in [-0.2, -0.15) is 5.10 Å². The Hall–Kier alpha value is -1.65. The van der Waals surface area contributed by atoms with E-state index < -0.39 is 0 Å². The number of benzene rings is 1. The van der Waals surface area contributed by atoms with E-state index in [0.717, 1.165) is 30.6 Å². The van der Waals surface area contributed by atoms with Crippen molar-refractivity contribution in [3.8, 4) is 11.3 Å². The van der Waals surface area contributed by atoms with Gasteiger partial charge in [0.1, 0.15) is 0 Å². The third-order valence-corrected chi connectivity index (χ3v) is 6.40. The molecule has 4 heteroatoms. The van der Waals surface area contributed by atoms with E-state index in [-0.39, 0.29) is 0 Å². The number of rotatable bonds is 3. The summed E-state index contributed by atoms with van der Waals surface area (Å²) in [4.78, 5) is 2.71. The molecule has 3 heterocycles. The zero-order valence-electron chi connectivity index (χ0n) is 14.4. The Bertz CT molecular complexity index is 726. The number of aromatic nitrogens is 2. The second-order valence-corrected chi connectivity index (χ2v) is 7.71. The summed E-state index contributed by atoms with van der Waals surface area (Å²) in [5, 5.41) is 8.35. The van der Waals surface area contributed by atoms with Crippen LogP contribution in [0, 0.1) is 17.8 Å². The number of hydrogen-bond donors (Lipinski definition) is 1. The average Bonchev–Trinajstić information content (AvgIpc) is 2.94. The van der Waals surface area contributed by atoms with Gasteiger partial charge in [0.25, 0.3) is 0 Å². The molecule has 1 N–H and O–H groups in total. The first kappa shape index (κ1) is 14.7. The highest BCUT2D eigenvalue weighted by atomic mass is 15.3. The molecular weight excluding hydrogens is 296 g/mol. The van der Waals surface area contributed by atoms with Crippen LogP contribution in [0.15, 0.2) is 30.3 Å². The molecule has 2 fully saturated rings. The predicted molar refractivity (Wildman–Crippen MR) is 95.8 cm³/mol. The fourth-order valence-corrected chi connectivity index (χ4v) is 4.95. The Labute approximate surface area is 143 Å². The van der Waals surface area contributed by atoms with E-state index in [9.17, 15) is 0 Å². The number of aryl methyl sites for hydroxylation is 1. The van der Waals surface area contributed by atoms with Crippen LogP contribution >= 0.6 is 0 Å². The van der Waals surface area contributed by atoms with Gasteiger partial charge in [-0.1, -0.05) is 30.3 Å². The molecule has 1 saturated carbocycles. The van der Waals surface area contributed by atoms with Crippen LogP contribution in [0.1, 0.15) is 11.3 Å². The van der Waals surface area contributed by atoms with E-state index >= 15 is 0 Å². The van der Waals surface area contributed by atoms with Crippen LogP contribution in [0.5, 0.6) is 0 Å². The third-order valence-electron chi connectivity index (χ3n) is 6.40. The van der Waals surface area contributed by atoms with Crippen LogP contribution < -0.4 is 5.32 Å². The van der Waals surface area contributed by atoms with E-state index in [1.807, 2.05) is 0 Å². The molecule has 0 radical (unpaired) electrons. The minimum Gasteiger partial charge on any atom is -0.316 e. The lowest BCUT2D eigenvalue weighted by atomic mass is 10.0. The topological polar surface area (TPSA) is 33.1 Å². The van der Waals surface area contributed by atoms with E-state index in [2.05, 4.69) is 52.3 Å². The third kappa shape index (κ3) is 2.40. The van der Waals surface area contributed by atoms with Gasteiger partial charge in [-0.25, -0.2) is 0 Å². The van der Waals surface area contributed by atoms with Gasteiger partial charge in [-0.05, 0) is 37.3 Å². The summed E-state index contributed by atoms with van der Waals surface area (Å²) in [6, 6.07) is 10.7. The average molecular weight is 322 g/mol. The first-order chi connectivity index (χ1) is 11.8. The van der Waals surface area contributed by atoms with Crippen LogP contribution in [0.25, 0.3) is 11.3 Å². The van der Waals surface area contributed by atoms with Gasteiger partial charge < -0.3 is 10.2 Å². The summed E-state index contributed by atoms with van der Waals surface area (Å²) < 4.78 is 2.12. The summed E-state index contributed by atoms with van der Waals surface area (Å²) in [6.45, 7) is 6.18. The van der Waals surface area contributed by atoms with Crippen molar-refractivity contribution in [2.75, 3.05) is 32.7 Å². The largest absolute Gasteiger partial charge is 0.316 e. The molecule has 1 aliphatic carbocycles. The number of hydrogen-bond acceptors (Lipinski definition) is 3. The number of nitrogens with one attached hydrogen (secondary N) is 1. The lowest BCUT2D eigenvalue weighted by molar-refractivity contribution is 0.261. The van der Waals surface area contributed by atoms with Gasteiger partial charge in [-0.3, -0.25) is 4.68 Å². The zero-order valence-corrected chi connectivity index (χ0v) is 14.4. The Balaban J connectivity index is 1.34. The molecule has 4 nitrogen and oxygen atoms in total. The second kappa shape index (κ2) is 5.71. The molecule has 0 spiro atoms. The molecule has 1 saturated heterocycles. The van der Waals surface area contributed by atoms with Gasteiger partial charge in [0.05, 0.1) is 5.69 Å². The molecule has 5 rings (SSSR count). The number of piperidine rings is 1. The molecule has 24 heavy (non-hydrogen) atoms. The molecule has 1 unspecified atom stereocenters. The summed E-state index contributed by atoms with van der Waals surface area (Å²) in [6.07, 6.45) is 2.26. The number of fused-ring (bicyclic) bond motifs is 2. The van der Waals surface area contributed by atoms with Crippen molar-refractivity contribution in [1.29, 1.82) is 0 Å². The minimum absolute atomic E-state index is 0.958. The van der Waals surface area contributed by atoms with Gasteiger partial charge in [0.15, 0.2) is 0 Å². The van der Waals surface area contributed by atoms with Crippen molar-refractivity contribution in [1.82, 2.24) is 20.0 Å². The molecular formula is C20H26N4. The fourth-order valence-electron chi connectivity index (χ4n) is 4.95. The van der Waals surface area contributed by atoms with Gasteiger partial charge in [-0.15, -0.1) is 0 Å². The quantitative estimate of drug-likeness (QED) is 0.938. The van der Waals surface area contributed by atoms with E-state index in [0.29, 0.717) is 0 Å². The van der Waals surface area contributed by atoms with Gasteiger partial charge in [0, 0.05) is 49.9 Å². The maximum atomic E-state index is 4.84. The lowest BCUT2D eigenvalue weighted by Crippen LogP contribution is -2.31. The summed E-state index contributed by atoms with van der Waals surface area (Å²) >= 11 is 0. The Morgan fingerprint density at radius 3 is 2.62 bits per heavy atom. The van der Waals surface area contributed by atoms with E-state index in [1.165, 1.54) is 55.2 Å². The molecule has 3 aliphatic rings. The molecule has 0 bridgehead atoms. The van der Waals surface area contributed by atoms with Crippen LogP contribution in [0.4, 0.5) is 0 Å². The lowest BCUT2D eigenvalue weighted by Gasteiger charge is -2.21. The molecule has 2 aliphatic heterocycles. The molecule has 1 aromatic carbocycles. The first-order valence-corrected chi connectivity index (χ1v) is 9.34. The first-order valence-electron chi connectivity index (χ1n) is 9.34. The fraction of sp³-hybridized carbons (Fsp3) is 0.550. The zero-order chi connectivity index (χ0) is 16.1. The van der Waals surface area contributed by atoms with Crippen molar-refractivity contribution in [2.45, 2.75) is 12.8 Å². The van der Waals surface area contributed by atoms with Gasteiger partial charge >= 0.3 is 0 Å². The summed E-state index contributed by atoms with van der Waals surface area (Å²) in [5.41, 5.74) is 5.37. The molecule has 0 amide bonds. The maximum absolute atomic E-state index is 4.84. The van der Waals surface area contributed by atoms with Crippen LogP contribution in [0.2, 0.25) is 0 Å². The van der Waals surface area contributed by atoms with Crippen molar-refractivity contribution >= 4 is 0 Å². The van der Waals surface area contributed by atoms with Crippen LogP contribution in [-0.4, -0.2) is 47.4 Å². The van der Waals surface area contributed by atoms with E-state index in [4.69, 9.17) is 5.10 Å². The van der Waals surface area contributed by atoms with Crippen molar-refractivity contribution in [3.05, 3.63) is 41.6 Å². The van der Waals surface area contributed by atoms with E-state index in [1.54, 1.807) is 0 Å². The molecule has 3 atom stereocenters. The van der Waals surface area contributed by atoms with Crippen molar-refractivity contribution in [2.24, 2.45) is 24.8 Å². The van der Waals surface area contributed by atoms with Crippen molar-refractivity contribution in [3.63, 3.8) is 0 Å². The normalized spacial score (nSPS) is 29.1. The minimum atomic E-state index is 0.958. The highest BCUT2D eigenvalue weighted by Crippen LogP contribution is 2.49. The molecule has 126 valence electrons. The highest BCUT2D eigenvalue weighted by Gasteiger charge is 2.52. The predicted octanol–water partition coefficient (Wildman–Crippen LogP) is 1.95. The molecule has 1 aromatic heterocycles. The van der Waals surface area contributed by atoms with Crippen molar-refractivity contribution < 1.29 is 0 Å². The standard InChI is InChI=1S/C20H26N4/c1-23-19-8-10-24(13-18-16-11-21-12-17(16)18)9-7-15(19)20(22-23)14-5-3-2-4-6-14/h2-6,16-18,21H,7-13H2,1H3/t16-,17+,18?. The summed E-state index contributed by atoms with van der Waals surface area (Å²) in [7, 11) is 2.11. The Morgan fingerprint density at radius 1 is 1.08 bits per heavy atom. The Kier molecular flexibility index (Phi) is 3.49. The Morgan fingerprint density at radius 2 is 1.83 bits per heavy atom. The highest BCUT2D eigenvalue weighted by molar-refractivity contribution is 5.64. The van der Waals surface area contributed by atoms with Crippen LogP contribution in [0.3, 0.4) is 0 Å². The van der Waals surface area contributed by atoms with Gasteiger partial charge in [0.2, 0.25) is 0 Å². The number of nitrogens with zero attached hydrogens (tertiary/aromatic N) is 3.